The number of aryl methyl sites for hydroxylation is 2. The summed E-state index contributed by atoms with van der Waals surface area (Å²) in [4.78, 5) is 0. The van der Waals surface area contributed by atoms with Crippen molar-refractivity contribution in [1.29, 1.82) is 0 Å². The number of nitrogen functional groups attached to an aromatic ring is 2. The SMILES string of the molecule is Cc1ccc(N)cc1Cc1cc(N)ccc1C. The molecule has 88 valence electrons. The number of anilines is 2. The van der Waals surface area contributed by atoms with Crippen LogP contribution in [0.4, 0.5) is 11.4 Å². The third kappa shape index (κ3) is 2.59. The van der Waals surface area contributed by atoms with E-state index in [1.165, 1.54) is 22.3 Å². The van der Waals surface area contributed by atoms with Crippen LogP contribution in [0.15, 0.2) is 36.4 Å². The van der Waals surface area contributed by atoms with Gasteiger partial charge in [0.15, 0.2) is 0 Å². The van der Waals surface area contributed by atoms with Gasteiger partial charge >= 0.3 is 0 Å². The van der Waals surface area contributed by atoms with Gasteiger partial charge in [0, 0.05) is 11.4 Å². The first kappa shape index (κ1) is 11.5. The molecule has 2 aromatic carbocycles. The Hall–Kier alpha value is -1.96. The van der Waals surface area contributed by atoms with E-state index in [2.05, 4.69) is 26.0 Å². The zero-order chi connectivity index (χ0) is 12.4. The van der Waals surface area contributed by atoms with Crippen molar-refractivity contribution in [2.45, 2.75) is 20.3 Å². The Morgan fingerprint density at radius 2 is 1.18 bits per heavy atom. The van der Waals surface area contributed by atoms with Gasteiger partial charge < -0.3 is 11.5 Å². The molecule has 0 aromatic heterocycles. The molecular formula is C15H18N2. The molecule has 0 bridgehead atoms. The van der Waals surface area contributed by atoms with E-state index in [0.717, 1.165) is 17.8 Å². The largest absolute Gasteiger partial charge is 0.399 e. The summed E-state index contributed by atoms with van der Waals surface area (Å²) in [5.41, 5.74) is 18.3. The second-order valence-electron chi connectivity index (χ2n) is 4.55. The van der Waals surface area contributed by atoms with Gasteiger partial charge in [-0.05, 0) is 66.8 Å². The Bertz CT molecular complexity index is 495. The van der Waals surface area contributed by atoms with Crippen molar-refractivity contribution in [1.82, 2.24) is 0 Å². The molecule has 0 atom stereocenters. The lowest BCUT2D eigenvalue weighted by molar-refractivity contribution is 1.13. The fourth-order valence-electron chi connectivity index (χ4n) is 1.97. The first-order chi connectivity index (χ1) is 8.06. The van der Waals surface area contributed by atoms with Crippen molar-refractivity contribution in [3.63, 3.8) is 0 Å². The van der Waals surface area contributed by atoms with E-state index < -0.39 is 0 Å². The molecule has 0 aliphatic rings. The summed E-state index contributed by atoms with van der Waals surface area (Å²) in [6, 6.07) is 12.1. The molecule has 0 radical (unpaired) electrons. The molecule has 0 heterocycles. The molecule has 0 saturated heterocycles. The molecule has 2 nitrogen and oxygen atoms in total. The molecule has 4 N–H and O–H groups in total. The molecule has 0 aliphatic carbocycles. The van der Waals surface area contributed by atoms with Crippen LogP contribution >= 0.6 is 0 Å². The summed E-state index contributed by atoms with van der Waals surface area (Å²) in [5.74, 6) is 0. The Kier molecular flexibility index (Phi) is 3.05. The van der Waals surface area contributed by atoms with E-state index in [9.17, 15) is 0 Å². The van der Waals surface area contributed by atoms with Crippen LogP contribution < -0.4 is 11.5 Å². The van der Waals surface area contributed by atoms with Gasteiger partial charge in [-0.15, -0.1) is 0 Å². The maximum atomic E-state index is 5.82. The van der Waals surface area contributed by atoms with Gasteiger partial charge in [0.25, 0.3) is 0 Å². The molecule has 2 rings (SSSR count). The monoisotopic (exact) mass is 226 g/mol. The second-order valence-corrected chi connectivity index (χ2v) is 4.55. The van der Waals surface area contributed by atoms with Crippen molar-refractivity contribution in [2.75, 3.05) is 11.5 Å². The van der Waals surface area contributed by atoms with E-state index in [4.69, 9.17) is 11.5 Å². The van der Waals surface area contributed by atoms with E-state index >= 15 is 0 Å². The third-order valence-electron chi connectivity index (χ3n) is 3.13. The minimum atomic E-state index is 0.812. The molecular weight excluding hydrogens is 208 g/mol. The van der Waals surface area contributed by atoms with Crippen LogP contribution in [0.2, 0.25) is 0 Å². The fourth-order valence-corrected chi connectivity index (χ4v) is 1.97. The summed E-state index contributed by atoms with van der Waals surface area (Å²) >= 11 is 0. The highest BCUT2D eigenvalue weighted by Gasteiger charge is 2.04. The number of hydrogen-bond acceptors (Lipinski definition) is 2. The van der Waals surface area contributed by atoms with Crippen LogP contribution in [0, 0.1) is 13.8 Å². The smallest absolute Gasteiger partial charge is 0.0317 e. The molecule has 17 heavy (non-hydrogen) atoms. The molecule has 0 spiro atoms. The predicted octanol–water partition coefficient (Wildman–Crippen LogP) is 3.06. The van der Waals surface area contributed by atoms with Crippen LogP contribution in [0.25, 0.3) is 0 Å². The third-order valence-corrected chi connectivity index (χ3v) is 3.13. The highest BCUT2D eigenvalue weighted by atomic mass is 14.5. The minimum absolute atomic E-state index is 0.812. The molecule has 2 heteroatoms. The lowest BCUT2D eigenvalue weighted by Crippen LogP contribution is -1.98. The molecule has 0 fully saturated rings. The maximum Gasteiger partial charge on any atom is 0.0317 e. The summed E-state index contributed by atoms with van der Waals surface area (Å²) < 4.78 is 0. The van der Waals surface area contributed by atoms with Gasteiger partial charge in [-0.25, -0.2) is 0 Å². The zero-order valence-electron chi connectivity index (χ0n) is 10.3. The van der Waals surface area contributed by atoms with E-state index in [0.29, 0.717) is 0 Å². The predicted molar refractivity (Wildman–Crippen MR) is 74.0 cm³/mol. The summed E-state index contributed by atoms with van der Waals surface area (Å²) in [5, 5.41) is 0. The number of hydrogen-bond donors (Lipinski definition) is 2. The lowest BCUT2D eigenvalue weighted by atomic mass is 9.96. The van der Waals surface area contributed by atoms with Crippen LogP contribution in [0.1, 0.15) is 22.3 Å². The Balaban J connectivity index is 2.37. The van der Waals surface area contributed by atoms with Crippen molar-refractivity contribution in [3.05, 3.63) is 58.7 Å². The van der Waals surface area contributed by atoms with Crippen LogP contribution in [0.3, 0.4) is 0 Å². The van der Waals surface area contributed by atoms with Crippen LogP contribution in [-0.4, -0.2) is 0 Å². The van der Waals surface area contributed by atoms with Gasteiger partial charge in [-0.1, -0.05) is 12.1 Å². The molecule has 0 saturated carbocycles. The average Bonchev–Trinajstić information content (AvgIpc) is 2.28. The second kappa shape index (κ2) is 4.50. The number of rotatable bonds is 2. The molecule has 0 aliphatic heterocycles. The minimum Gasteiger partial charge on any atom is -0.399 e. The zero-order valence-corrected chi connectivity index (χ0v) is 10.3. The summed E-state index contributed by atoms with van der Waals surface area (Å²) in [6.45, 7) is 4.22. The lowest BCUT2D eigenvalue weighted by Gasteiger charge is -2.10. The first-order valence-electron chi connectivity index (χ1n) is 5.76. The Labute approximate surface area is 102 Å². The highest BCUT2D eigenvalue weighted by Crippen LogP contribution is 2.20. The van der Waals surface area contributed by atoms with Gasteiger partial charge in [0.1, 0.15) is 0 Å². The van der Waals surface area contributed by atoms with E-state index in [1.807, 2.05) is 24.3 Å². The van der Waals surface area contributed by atoms with Crippen molar-refractivity contribution in [3.8, 4) is 0 Å². The van der Waals surface area contributed by atoms with Crippen LogP contribution in [-0.2, 0) is 6.42 Å². The Morgan fingerprint density at radius 3 is 1.59 bits per heavy atom. The van der Waals surface area contributed by atoms with Crippen molar-refractivity contribution >= 4 is 11.4 Å². The average molecular weight is 226 g/mol. The van der Waals surface area contributed by atoms with Crippen LogP contribution in [0.5, 0.6) is 0 Å². The number of nitrogens with two attached hydrogens (primary N) is 2. The Morgan fingerprint density at radius 1 is 0.765 bits per heavy atom. The topological polar surface area (TPSA) is 52.0 Å². The molecule has 0 amide bonds. The standard InChI is InChI=1S/C15H18N2/c1-10-3-5-14(16)8-12(10)7-13-9-15(17)6-4-11(13)2/h3-6,8-9H,7,16-17H2,1-2H3. The molecule has 0 unspecified atom stereocenters. The summed E-state index contributed by atoms with van der Waals surface area (Å²) in [6.07, 6.45) is 0.883. The first-order valence-corrected chi connectivity index (χ1v) is 5.76. The summed E-state index contributed by atoms with van der Waals surface area (Å²) in [7, 11) is 0. The highest BCUT2D eigenvalue weighted by molar-refractivity contribution is 5.49. The fraction of sp³-hybridized carbons (Fsp3) is 0.200. The van der Waals surface area contributed by atoms with Crippen molar-refractivity contribution in [2.24, 2.45) is 0 Å². The van der Waals surface area contributed by atoms with Gasteiger partial charge in [0.2, 0.25) is 0 Å². The molecule has 2 aromatic rings. The van der Waals surface area contributed by atoms with Crippen molar-refractivity contribution < 1.29 is 0 Å². The van der Waals surface area contributed by atoms with E-state index in [-0.39, 0.29) is 0 Å². The van der Waals surface area contributed by atoms with Gasteiger partial charge in [0.05, 0.1) is 0 Å². The van der Waals surface area contributed by atoms with E-state index in [1.54, 1.807) is 0 Å². The normalized spacial score (nSPS) is 10.5. The quantitative estimate of drug-likeness (QED) is 0.773. The van der Waals surface area contributed by atoms with Gasteiger partial charge in [-0.3, -0.25) is 0 Å². The van der Waals surface area contributed by atoms with Gasteiger partial charge in [-0.2, -0.15) is 0 Å². The number of benzene rings is 2. The maximum absolute atomic E-state index is 5.82.